The van der Waals surface area contributed by atoms with Gasteiger partial charge in [-0.1, -0.05) is 40.2 Å². The van der Waals surface area contributed by atoms with E-state index in [4.69, 9.17) is 0 Å². The lowest BCUT2D eigenvalue weighted by Crippen LogP contribution is -2.52. The average Bonchev–Trinajstić information content (AvgIpc) is 2.73. The molecule has 0 bridgehead atoms. The van der Waals surface area contributed by atoms with Gasteiger partial charge in [0.1, 0.15) is 6.04 Å². The van der Waals surface area contributed by atoms with Crippen LogP contribution in [0.3, 0.4) is 0 Å². The van der Waals surface area contributed by atoms with Gasteiger partial charge in [0.15, 0.2) is 0 Å². The summed E-state index contributed by atoms with van der Waals surface area (Å²) in [4.78, 5) is 27.8. The van der Waals surface area contributed by atoms with Gasteiger partial charge in [-0.05, 0) is 76.4 Å². The first kappa shape index (κ1) is 28.8. The number of halogens is 1. The highest BCUT2D eigenvalue weighted by molar-refractivity contribution is 9.10. The van der Waals surface area contributed by atoms with Crippen molar-refractivity contribution < 1.29 is 18.0 Å². The van der Waals surface area contributed by atoms with E-state index < -0.39 is 21.6 Å². The molecule has 2 aromatic rings. The molecule has 2 rings (SSSR count). The smallest absolute Gasteiger partial charge is 0.242 e. The van der Waals surface area contributed by atoms with Crippen molar-refractivity contribution in [1.82, 2.24) is 10.2 Å². The first-order valence-corrected chi connectivity index (χ1v) is 14.2. The Labute approximate surface area is 218 Å². The molecule has 0 saturated heterocycles. The molecule has 7 nitrogen and oxygen atoms in total. The van der Waals surface area contributed by atoms with Gasteiger partial charge in [-0.25, -0.2) is 8.42 Å². The van der Waals surface area contributed by atoms with Crippen LogP contribution >= 0.6 is 15.9 Å². The lowest BCUT2D eigenvalue weighted by Gasteiger charge is -2.32. The molecule has 0 aliphatic rings. The number of sulfonamides is 1. The van der Waals surface area contributed by atoms with Gasteiger partial charge in [0.25, 0.3) is 0 Å². The van der Waals surface area contributed by atoms with Gasteiger partial charge in [0.2, 0.25) is 21.8 Å². The molecule has 1 atom stereocenters. The monoisotopic (exact) mass is 565 g/mol. The third-order valence-corrected chi connectivity index (χ3v) is 7.10. The van der Waals surface area contributed by atoms with Crippen LogP contribution in [0.4, 0.5) is 5.69 Å². The number of nitrogens with zero attached hydrogens (tertiary/aromatic N) is 2. The predicted molar refractivity (Wildman–Crippen MR) is 145 cm³/mol. The fourth-order valence-electron chi connectivity index (χ4n) is 3.63. The molecule has 2 aromatic carbocycles. The fourth-order valence-corrected chi connectivity index (χ4v) is 4.85. The summed E-state index contributed by atoms with van der Waals surface area (Å²) in [6.45, 7) is 9.74. The largest absolute Gasteiger partial charge is 0.350 e. The maximum Gasteiger partial charge on any atom is 0.242 e. The van der Waals surface area contributed by atoms with E-state index in [0.29, 0.717) is 12.1 Å². The van der Waals surface area contributed by atoms with Crippen molar-refractivity contribution in [1.29, 1.82) is 0 Å². The number of benzene rings is 2. The zero-order valence-electron chi connectivity index (χ0n) is 21.3. The van der Waals surface area contributed by atoms with Crippen molar-refractivity contribution in [2.45, 2.75) is 65.6 Å². The van der Waals surface area contributed by atoms with E-state index in [9.17, 15) is 18.0 Å². The van der Waals surface area contributed by atoms with Crippen LogP contribution in [0.2, 0.25) is 0 Å². The van der Waals surface area contributed by atoms with Crippen LogP contribution in [0.5, 0.6) is 0 Å². The summed E-state index contributed by atoms with van der Waals surface area (Å²) in [5.74, 6) is -0.442. The van der Waals surface area contributed by atoms with E-state index >= 15 is 0 Å². The van der Waals surface area contributed by atoms with Crippen molar-refractivity contribution in [3.8, 4) is 0 Å². The third-order valence-electron chi connectivity index (χ3n) is 5.37. The van der Waals surface area contributed by atoms with Crippen LogP contribution in [0.15, 0.2) is 53.0 Å². The molecule has 1 unspecified atom stereocenters. The second-order valence-corrected chi connectivity index (χ2v) is 12.7. The van der Waals surface area contributed by atoms with Crippen LogP contribution in [0.1, 0.15) is 51.7 Å². The minimum atomic E-state index is -3.52. The number of aryl methyl sites for hydroxylation is 1. The van der Waals surface area contributed by atoms with Crippen molar-refractivity contribution in [2.24, 2.45) is 0 Å². The lowest BCUT2D eigenvalue weighted by atomic mass is 10.1. The van der Waals surface area contributed by atoms with E-state index in [0.717, 1.165) is 21.9 Å². The number of carbonyl (C=O) groups excluding carboxylic acids is 2. The molecule has 0 spiro atoms. The summed E-state index contributed by atoms with van der Waals surface area (Å²) < 4.78 is 27.1. The topological polar surface area (TPSA) is 86.8 Å². The van der Waals surface area contributed by atoms with Crippen LogP contribution in [0.25, 0.3) is 0 Å². The number of carbonyl (C=O) groups is 2. The number of hydrogen-bond donors (Lipinski definition) is 1. The fraction of sp³-hybridized carbons (Fsp3) is 0.462. The second kappa shape index (κ2) is 12.0. The Hall–Kier alpha value is -2.39. The van der Waals surface area contributed by atoms with Gasteiger partial charge >= 0.3 is 0 Å². The molecule has 0 heterocycles. The minimum absolute atomic E-state index is 0.113. The number of amides is 2. The molecule has 35 heavy (non-hydrogen) atoms. The molecule has 2 amide bonds. The molecule has 9 heteroatoms. The maximum atomic E-state index is 13.3. The summed E-state index contributed by atoms with van der Waals surface area (Å²) in [5.41, 5.74) is 1.99. The van der Waals surface area contributed by atoms with Crippen molar-refractivity contribution >= 4 is 43.5 Å². The number of nitrogens with one attached hydrogen (secondary N) is 1. The Morgan fingerprint density at radius 1 is 1.09 bits per heavy atom. The van der Waals surface area contributed by atoms with Crippen molar-refractivity contribution in [3.63, 3.8) is 0 Å². The summed E-state index contributed by atoms with van der Waals surface area (Å²) >= 11 is 3.41. The van der Waals surface area contributed by atoms with Crippen LogP contribution in [0, 0.1) is 6.92 Å². The van der Waals surface area contributed by atoms with E-state index in [2.05, 4.69) is 21.2 Å². The minimum Gasteiger partial charge on any atom is -0.350 e. The number of hydrogen-bond acceptors (Lipinski definition) is 4. The predicted octanol–water partition coefficient (Wildman–Crippen LogP) is 4.64. The zero-order chi connectivity index (χ0) is 26.4. The summed E-state index contributed by atoms with van der Waals surface area (Å²) in [5, 5.41) is 2.94. The molecule has 0 saturated carbocycles. The average molecular weight is 567 g/mol. The van der Waals surface area contributed by atoms with Gasteiger partial charge in [-0.2, -0.15) is 0 Å². The van der Waals surface area contributed by atoms with Crippen molar-refractivity contribution in [3.05, 3.63) is 64.1 Å². The molecular formula is C26H36BrN3O4S. The summed E-state index contributed by atoms with van der Waals surface area (Å²) in [6, 6.07) is 14.2. The Morgan fingerprint density at radius 2 is 1.71 bits per heavy atom. The first-order chi connectivity index (χ1) is 16.2. The normalized spacial score (nSPS) is 12.7. The molecule has 0 aromatic heterocycles. The van der Waals surface area contributed by atoms with Gasteiger partial charge in [0, 0.05) is 29.5 Å². The molecule has 0 aliphatic heterocycles. The van der Waals surface area contributed by atoms with E-state index in [1.807, 2.05) is 70.2 Å². The van der Waals surface area contributed by atoms with Gasteiger partial charge in [-0.15, -0.1) is 0 Å². The molecule has 0 radical (unpaired) electrons. The maximum absolute atomic E-state index is 13.3. The van der Waals surface area contributed by atoms with Crippen LogP contribution in [-0.4, -0.2) is 49.5 Å². The van der Waals surface area contributed by atoms with Crippen LogP contribution < -0.4 is 9.62 Å². The van der Waals surface area contributed by atoms with Crippen LogP contribution in [-0.2, 0) is 26.2 Å². The molecule has 0 aliphatic carbocycles. The van der Waals surface area contributed by atoms with Gasteiger partial charge in [0.05, 0.1) is 11.9 Å². The number of rotatable bonds is 10. The Kier molecular flexibility index (Phi) is 9.92. The molecule has 0 fully saturated rings. The van der Waals surface area contributed by atoms with E-state index in [1.54, 1.807) is 17.9 Å². The summed E-state index contributed by atoms with van der Waals surface area (Å²) in [7, 11) is -3.52. The molecule has 1 N–H and O–H groups in total. The first-order valence-electron chi connectivity index (χ1n) is 11.6. The number of anilines is 1. The molecule has 192 valence electrons. The van der Waals surface area contributed by atoms with E-state index in [-0.39, 0.29) is 31.3 Å². The standard InChI is InChI=1S/C26H36BrN3O4S/c1-19-9-7-10-23(17-19)30(35(6,33)34)16-8-11-24(31)29(18-21-12-14-22(27)15-13-21)20(2)25(32)28-26(3,4)5/h7,9-10,12-15,17,20H,8,11,16,18H2,1-6H3,(H,28,32). The van der Waals surface area contributed by atoms with Gasteiger partial charge < -0.3 is 10.2 Å². The SMILES string of the molecule is Cc1cccc(N(CCCC(=O)N(Cc2ccc(Br)cc2)C(C)C(=O)NC(C)(C)C)S(C)(=O)=O)c1. The quantitative estimate of drug-likeness (QED) is 0.454. The molecular weight excluding hydrogens is 530 g/mol. The second-order valence-electron chi connectivity index (χ2n) is 9.84. The highest BCUT2D eigenvalue weighted by Gasteiger charge is 2.28. The zero-order valence-corrected chi connectivity index (χ0v) is 23.7. The van der Waals surface area contributed by atoms with Gasteiger partial charge in [-0.3, -0.25) is 13.9 Å². The Bertz CT molecular complexity index is 1130. The van der Waals surface area contributed by atoms with E-state index in [1.165, 1.54) is 4.31 Å². The lowest BCUT2D eigenvalue weighted by molar-refractivity contribution is -0.141. The van der Waals surface area contributed by atoms with Crippen molar-refractivity contribution in [2.75, 3.05) is 17.1 Å². The summed E-state index contributed by atoms with van der Waals surface area (Å²) in [6.07, 6.45) is 1.60. The highest BCUT2D eigenvalue weighted by atomic mass is 79.9. The Morgan fingerprint density at radius 3 is 2.26 bits per heavy atom. The highest BCUT2D eigenvalue weighted by Crippen LogP contribution is 2.21. The third kappa shape index (κ3) is 9.29. The Balaban J connectivity index is 2.18.